The monoisotopic (exact) mass is 311 g/mol. The van der Waals surface area contributed by atoms with Crippen LogP contribution in [0.1, 0.15) is 41.4 Å². The van der Waals surface area contributed by atoms with Crippen LogP contribution in [0.5, 0.6) is 0 Å². The molecule has 0 spiro atoms. The third-order valence-electron chi connectivity index (χ3n) is 4.23. The zero-order valence-electron chi connectivity index (χ0n) is 13.4. The van der Waals surface area contributed by atoms with Crippen molar-refractivity contribution in [3.05, 3.63) is 63.6 Å². The summed E-state index contributed by atoms with van der Waals surface area (Å²) in [6.45, 7) is 3.90. The van der Waals surface area contributed by atoms with E-state index in [9.17, 15) is 9.59 Å². The van der Waals surface area contributed by atoms with Crippen molar-refractivity contribution < 1.29 is 4.79 Å². The zero-order valence-corrected chi connectivity index (χ0v) is 13.4. The lowest BCUT2D eigenvalue weighted by Crippen LogP contribution is -2.37. The SMILES string of the molecule is CCCCn1nc(C(=O)N2CCc3ccccc3C2)ccc1=O. The first-order chi connectivity index (χ1) is 11.2. The molecule has 0 saturated heterocycles. The standard InChI is InChI=1S/C18H21N3O2/c1-2-3-11-21-17(22)9-8-16(19-21)18(23)20-12-10-14-6-4-5-7-15(14)13-20/h4-9H,2-3,10-13H2,1H3. The highest BCUT2D eigenvalue weighted by atomic mass is 16.2. The lowest BCUT2D eigenvalue weighted by molar-refractivity contribution is 0.0725. The second-order valence-electron chi connectivity index (χ2n) is 5.88. The van der Waals surface area contributed by atoms with E-state index in [2.05, 4.69) is 24.2 Å². The average molecular weight is 311 g/mol. The van der Waals surface area contributed by atoms with Crippen molar-refractivity contribution in [1.82, 2.24) is 14.7 Å². The summed E-state index contributed by atoms with van der Waals surface area (Å²) in [7, 11) is 0. The molecule has 0 unspecified atom stereocenters. The van der Waals surface area contributed by atoms with Gasteiger partial charge in [-0.25, -0.2) is 4.68 Å². The Morgan fingerprint density at radius 1 is 1.17 bits per heavy atom. The summed E-state index contributed by atoms with van der Waals surface area (Å²) >= 11 is 0. The molecule has 1 aliphatic heterocycles. The second-order valence-corrected chi connectivity index (χ2v) is 5.88. The summed E-state index contributed by atoms with van der Waals surface area (Å²) in [6, 6.07) is 11.2. The third-order valence-corrected chi connectivity index (χ3v) is 4.23. The summed E-state index contributed by atoms with van der Waals surface area (Å²) < 4.78 is 1.40. The number of aromatic nitrogens is 2. The summed E-state index contributed by atoms with van der Waals surface area (Å²) in [5.41, 5.74) is 2.68. The Hall–Kier alpha value is -2.43. The molecule has 1 aliphatic rings. The quantitative estimate of drug-likeness (QED) is 0.870. The summed E-state index contributed by atoms with van der Waals surface area (Å²) in [5.74, 6) is -0.107. The van der Waals surface area contributed by atoms with Gasteiger partial charge in [-0.2, -0.15) is 5.10 Å². The molecule has 3 rings (SSSR count). The van der Waals surface area contributed by atoms with E-state index in [1.165, 1.54) is 27.9 Å². The highest BCUT2D eigenvalue weighted by Crippen LogP contribution is 2.19. The van der Waals surface area contributed by atoms with E-state index < -0.39 is 0 Å². The van der Waals surface area contributed by atoms with Gasteiger partial charge in [0.25, 0.3) is 11.5 Å². The van der Waals surface area contributed by atoms with Crippen molar-refractivity contribution in [2.75, 3.05) is 6.54 Å². The van der Waals surface area contributed by atoms with E-state index in [0.717, 1.165) is 19.3 Å². The Morgan fingerprint density at radius 3 is 2.74 bits per heavy atom. The maximum absolute atomic E-state index is 12.7. The topological polar surface area (TPSA) is 55.2 Å². The van der Waals surface area contributed by atoms with Gasteiger partial charge in [-0.15, -0.1) is 0 Å². The summed E-state index contributed by atoms with van der Waals surface area (Å²) in [4.78, 5) is 26.3. The third kappa shape index (κ3) is 3.33. The minimum atomic E-state index is -0.154. The lowest BCUT2D eigenvalue weighted by Gasteiger charge is -2.28. The van der Waals surface area contributed by atoms with Gasteiger partial charge in [-0.1, -0.05) is 37.6 Å². The van der Waals surface area contributed by atoms with E-state index in [4.69, 9.17) is 0 Å². The molecule has 1 amide bonds. The van der Waals surface area contributed by atoms with Gasteiger partial charge in [-0.05, 0) is 30.0 Å². The van der Waals surface area contributed by atoms with Crippen LogP contribution in [0, 0.1) is 0 Å². The molecule has 1 aromatic carbocycles. The van der Waals surface area contributed by atoms with Crippen LogP contribution in [0.3, 0.4) is 0 Å². The fourth-order valence-corrected chi connectivity index (χ4v) is 2.86. The molecule has 0 saturated carbocycles. The van der Waals surface area contributed by atoms with E-state index in [1.807, 2.05) is 12.1 Å². The maximum atomic E-state index is 12.7. The number of hydrogen-bond acceptors (Lipinski definition) is 3. The minimum Gasteiger partial charge on any atom is -0.333 e. The Bertz CT molecular complexity index is 767. The smallest absolute Gasteiger partial charge is 0.274 e. The molecule has 120 valence electrons. The molecule has 0 N–H and O–H groups in total. The Kier molecular flexibility index (Phi) is 4.55. The van der Waals surface area contributed by atoms with Gasteiger partial charge >= 0.3 is 0 Å². The predicted molar refractivity (Wildman–Crippen MR) is 88.3 cm³/mol. The normalized spacial score (nSPS) is 13.7. The van der Waals surface area contributed by atoms with Crippen LogP contribution in [0.25, 0.3) is 0 Å². The number of hydrogen-bond donors (Lipinski definition) is 0. The van der Waals surface area contributed by atoms with E-state index in [0.29, 0.717) is 25.3 Å². The molecule has 5 nitrogen and oxygen atoms in total. The molecule has 0 fully saturated rings. The number of carbonyl (C=O) groups excluding carboxylic acids is 1. The minimum absolute atomic E-state index is 0.107. The number of nitrogens with zero attached hydrogens (tertiary/aromatic N) is 3. The van der Waals surface area contributed by atoms with Crippen LogP contribution < -0.4 is 5.56 Å². The van der Waals surface area contributed by atoms with Gasteiger partial charge in [0.15, 0.2) is 0 Å². The number of unbranched alkanes of at least 4 members (excludes halogenated alkanes) is 1. The number of rotatable bonds is 4. The van der Waals surface area contributed by atoms with Crippen molar-refractivity contribution in [3.63, 3.8) is 0 Å². The molecular weight excluding hydrogens is 290 g/mol. The maximum Gasteiger partial charge on any atom is 0.274 e. The first-order valence-corrected chi connectivity index (χ1v) is 8.13. The Balaban J connectivity index is 1.80. The Morgan fingerprint density at radius 2 is 1.96 bits per heavy atom. The van der Waals surface area contributed by atoms with Crippen molar-refractivity contribution in [2.24, 2.45) is 0 Å². The van der Waals surface area contributed by atoms with Gasteiger partial charge in [0.05, 0.1) is 0 Å². The summed E-state index contributed by atoms with van der Waals surface area (Å²) in [5, 5.41) is 4.25. The van der Waals surface area contributed by atoms with Crippen LogP contribution in [-0.4, -0.2) is 27.1 Å². The van der Waals surface area contributed by atoms with Crippen molar-refractivity contribution >= 4 is 5.91 Å². The van der Waals surface area contributed by atoms with Crippen LogP contribution in [-0.2, 0) is 19.5 Å². The molecule has 0 bridgehead atoms. The Labute approximate surface area is 135 Å². The first kappa shape index (κ1) is 15.5. The van der Waals surface area contributed by atoms with Crippen LogP contribution in [0.2, 0.25) is 0 Å². The van der Waals surface area contributed by atoms with Gasteiger partial charge in [-0.3, -0.25) is 9.59 Å². The predicted octanol–water partition coefficient (Wildman–Crippen LogP) is 2.24. The number of amides is 1. The second kappa shape index (κ2) is 6.77. The van der Waals surface area contributed by atoms with Crippen LogP contribution >= 0.6 is 0 Å². The molecule has 0 aliphatic carbocycles. The average Bonchev–Trinajstić information content (AvgIpc) is 2.60. The molecular formula is C18H21N3O2. The van der Waals surface area contributed by atoms with Gasteiger partial charge < -0.3 is 4.90 Å². The highest BCUT2D eigenvalue weighted by Gasteiger charge is 2.22. The fraction of sp³-hybridized carbons (Fsp3) is 0.389. The van der Waals surface area contributed by atoms with Crippen molar-refractivity contribution in [1.29, 1.82) is 0 Å². The van der Waals surface area contributed by atoms with Crippen molar-refractivity contribution in [3.8, 4) is 0 Å². The zero-order chi connectivity index (χ0) is 16.2. The van der Waals surface area contributed by atoms with E-state index in [-0.39, 0.29) is 11.5 Å². The molecule has 1 aromatic heterocycles. The van der Waals surface area contributed by atoms with Gasteiger partial charge in [0.1, 0.15) is 5.69 Å². The summed E-state index contributed by atoms with van der Waals surface area (Å²) in [6.07, 6.45) is 2.72. The van der Waals surface area contributed by atoms with Crippen molar-refractivity contribution in [2.45, 2.75) is 39.3 Å². The van der Waals surface area contributed by atoms with Crippen LogP contribution in [0.15, 0.2) is 41.2 Å². The van der Waals surface area contributed by atoms with Crippen LogP contribution in [0.4, 0.5) is 0 Å². The lowest BCUT2D eigenvalue weighted by atomic mass is 10.00. The molecule has 2 aromatic rings. The number of fused-ring (bicyclic) bond motifs is 1. The first-order valence-electron chi connectivity index (χ1n) is 8.13. The highest BCUT2D eigenvalue weighted by molar-refractivity contribution is 5.92. The number of carbonyl (C=O) groups is 1. The molecule has 0 atom stereocenters. The largest absolute Gasteiger partial charge is 0.333 e. The van der Waals surface area contributed by atoms with Gasteiger partial charge in [0, 0.05) is 25.7 Å². The number of aryl methyl sites for hydroxylation is 1. The van der Waals surface area contributed by atoms with E-state index >= 15 is 0 Å². The molecule has 23 heavy (non-hydrogen) atoms. The van der Waals surface area contributed by atoms with Gasteiger partial charge in [0.2, 0.25) is 0 Å². The molecule has 5 heteroatoms. The number of benzene rings is 1. The molecule has 0 radical (unpaired) electrons. The van der Waals surface area contributed by atoms with E-state index in [1.54, 1.807) is 4.90 Å². The fourth-order valence-electron chi connectivity index (χ4n) is 2.86. The molecule has 2 heterocycles.